The van der Waals surface area contributed by atoms with E-state index in [0.717, 1.165) is 75.1 Å². The molecule has 0 spiro atoms. The number of nitrogens with zero attached hydrogens (tertiary/aromatic N) is 5. The van der Waals surface area contributed by atoms with E-state index in [1.165, 1.54) is 12.8 Å². The molecule has 3 fully saturated rings. The fourth-order valence-electron chi connectivity index (χ4n) is 7.51. The number of hydrogen-bond donors (Lipinski definition) is 0. The van der Waals surface area contributed by atoms with E-state index in [1.807, 2.05) is 31.4 Å². The lowest BCUT2D eigenvalue weighted by Gasteiger charge is -2.36. The van der Waals surface area contributed by atoms with Crippen molar-refractivity contribution in [2.45, 2.75) is 82.7 Å². The third kappa shape index (κ3) is 5.22. The Hall–Kier alpha value is -3.00. The summed E-state index contributed by atoms with van der Waals surface area (Å²) in [4.78, 5) is 43.0. The molecular formula is C32H43N5O3. The van der Waals surface area contributed by atoms with Crippen molar-refractivity contribution in [3.05, 3.63) is 41.3 Å². The van der Waals surface area contributed by atoms with Crippen LogP contribution in [0.25, 0.3) is 0 Å². The van der Waals surface area contributed by atoms with Crippen LogP contribution < -0.4 is 14.5 Å². The molecule has 2 saturated carbocycles. The number of benzene rings is 1. The Morgan fingerprint density at radius 2 is 1.80 bits per heavy atom. The SMILES string of the molecule is COc1cc(C(=O)CC2CCN(C)CC2)ccc1Cc1ncc2c(n1)N(C1CCCC1)[C@@H]1CCC[C@@H]1C(=O)N2C. The zero-order valence-corrected chi connectivity index (χ0v) is 24.3. The maximum atomic E-state index is 13.4. The molecule has 214 valence electrons. The van der Waals surface area contributed by atoms with Gasteiger partial charge in [0, 0.05) is 43.1 Å². The van der Waals surface area contributed by atoms with Gasteiger partial charge in [-0.05, 0) is 70.6 Å². The number of carbonyl (C=O) groups is 2. The molecule has 1 amide bonds. The van der Waals surface area contributed by atoms with E-state index in [4.69, 9.17) is 14.7 Å². The maximum Gasteiger partial charge on any atom is 0.232 e. The van der Waals surface area contributed by atoms with E-state index in [1.54, 1.807) is 12.0 Å². The number of aromatic nitrogens is 2. The molecule has 2 aliphatic heterocycles. The zero-order valence-electron chi connectivity index (χ0n) is 24.3. The van der Waals surface area contributed by atoms with E-state index in [2.05, 4.69) is 16.8 Å². The van der Waals surface area contributed by atoms with Gasteiger partial charge in [-0.3, -0.25) is 9.59 Å². The molecule has 8 heteroatoms. The minimum absolute atomic E-state index is 0.0305. The Kier molecular flexibility index (Phi) is 7.80. The topological polar surface area (TPSA) is 78.9 Å². The van der Waals surface area contributed by atoms with Gasteiger partial charge >= 0.3 is 0 Å². The van der Waals surface area contributed by atoms with Gasteiger partial charge in [0.1, 0.15) is 17.3 Å². The smallest absolute Gasteiger partial charge is 0.232 e. The van der Waals surface area contributed by atoms with Crippen molar-refractivity contribution in [3.8, 4) is 5.75 Å². The normalized spacial score (nSPS) is 24.2. The predicted octanol–water partition coefficient (Wildman–Crippen LogP) is 4.88. The van der Waals surface area contributed by atoms with E-state index in [0.29, 0.717) is 41.9 Å². The highest BCUT2D eigenvalue weighted by molar-refractivity contribution is 5.99. The van der Waals surface area contributed by atoms with Gasteiger partial charge in [0.05, 0.1) is 19.2 Å². The molecule has 0 bridgehead atoms. The molecule has 0 radical (unpaired) electrons. The van der Waals surface area contributed by atoms with Crippen molar-refractivity contribution in [2.24, 2.45) is 11.8 Å². The lowest BCUT2D eigenvalue weighted by molar-refractivity contribution is -0.122. The maximum absolute atomic E-state index is 13.4. The fourth-order valence-corrected chi connectivity index (χ4v) is 7.51. The lowest BCUT2D eigenvalue weighted by atomic mass is 9.89. The quantitative estimate of drug-likeness (QED) is 0.459. The van der Waals surface area contributed by atoms with E-state index in [-0.39, 0.29) is 23.7 Å². The highest BCUT2D eigenvalue weighted by Crippen LogP contribution is 2.44. The molecule has 6 rings (SSSR count). The molecule has 40 heavy (non-hydrogen) atoms. The molecule has 0 N–H and O–H groups in total. The zero-order chi connectivity index (χ0) is 27.8. The van der Waals surface area contributed by atoms with Gasteiger partial charge in [-0.1, -0.05) is 31.4 Å². The first-order valence-corrected chi connectivity index (χ1v) is 15.2. The lowest BCUT2D eigenvalue weighted by Crippen LogP contribution is -2.46. The van der Waals surface area contributed by atoms with Gasteiger partial charge < -0.3 is 19.4 Å². The predicted molar refractivity (Wildman–Crippen MR) is 156 cm³/mol. The summed E-state index contributed by atoms with van der Waals surface area (Å²) in [5, 5.41) is 0. The van der Waals surface area contributed by atoms with Gasteiger partial charge in [0.25, 0.3) is 0 Å². The molecule has 4 aliphatic rings. The van der Waals surface area contributed by atoms with Gasteiger partial charge in [-0.25, -0.2) is 9.97 Å². The summed E-state index contributed by atoms with van der Waals surface area (Å²) >= 11 is 0. The second-order valence-corrected chi connectivity index (χ2v) is 12.4. The Balaban J connectivity index is 1.26. The largest absolute Gasteiger partial charge is 0.496 e. The van der Waals surface area contributed by atoms with Crippen LogP contribution in [0, 0.1) is 11.8 Å². The van der Waals surface area contributed by atoms with Crippen LogP contribution in [0.4, 0.5) is 11.5 Å². The number of rotatable bonds is 7. The molecule has 1 aromatic heterocycles. The average molecular weight is 546 g/mol. The second kappa shape index (κ2) is 11.5. The fraction of sp³-hybridized carbons (Fsp3) is 0.625. The first-order valence-electron chi connectivity index (χ1n) is 15.2. The first-order chi connectivity index (χ1) is 19.4. The summed E-state index contributed by atoms with van der Waals surface area (Å²) in [7, 11) is 5.68. The molecule has 2 atom stereocenters. The van der Waals surface area contributed by atoms with Crippen LogP contribution >= 0.6 is 0 Å². The van der Waals surface area contributed by atoms with Crippen LogP contribution in [-0.4, -0.2) is 72.9 Å². The highest BCUT2D eigenvalue weighted by atomic mass is 16.5. The summed E-state index contributed by atoms with van der Waals surface area (Å²) in [6.45, 7) is 2.12. The molecule has 3 heterocycles. The summed E-state index contributed by atoms with van der Waals surface area (Å²) in [5.74, 6) is 3.18. The van der Waals surface area contributed by atoms with E-state index in [9.17, 15) is 9.59 Å². The summed E-state index contributed by atoms with van der Waals surface area (Å²) in [6.07, 6.45) is 12.9. The molecule has 0 unspecified atom stereocenters. The number of methoxy groups -OCH3 is 1. The monoisotopic (exact) mass is 545 g/mol. The number of carbonyl (C=O) groups excluding carboxylic acids is 2. The summed E-state index contributed by atoms with van der Waals surface area (Å²) in [6, 6.07) is 6.45. The number of Topliss-reactive ketones (excluding diaryl/α,β-unsaturated/α-hetero) is 1. The van der Waals surface area contributed by atoms with Crippen molar-refractivity contribution < 1.29 is 14.3 Å². The minimum atomic E-state index is 0.0305. The third-order valence-electron chi connectivity index (χ3n) is 9.88. The summed E-state index contributed by atoms with van der Waals surface area (Å²) < 4.78 is 5.76. The van der Waals surface area contributed by atoms with Crippen molar-refractivity contribution in [2.75, 3.05) is 44.1 Å². The Morgan fingerprint density at radius 1 is 1.02 bits per heavy atom. The number of anilines is 2. The van der Waals surface area contributed by atoms with Gasteiger partial charge in [0.15, 0.2) is 11.6 Å². The third-order valence-corrected chi connectivity index (χ3v) is 9.88. The Bertz CT molecular complexity index is 1250. The van der Waals surface area contributed by atoms with Gasteiger partial charge in [-0.15, -0.1) is 0 Å². The molecule has 8 nitrogen and oxygen atoms in total. The van der Waals surface area contributed by atoms with Gasteiger partial charge in [0.2, 0.25) is 5.91 Å². The number of amides is 1. The molecule has 2 aromatic rings. The van der Waals surface area contributed by atoms with Crippen molar-refractivity contribution in [3.63, 3.8) is 0 Å². The van der Waals surface area contributed by atoms with E-state index >= 15 is 0 Å². The van der Waals surface area contributed by atoms with Crippen LogP contribution in [0.5, 0.6) is 5.75 Å². The molecule has 1 aromatic carbocycles. The number of fused-ring (bicyclic) bond motifs is 2. The van der Waals surface area contributed by atoms with Crippen molar-refractivity contribution in [1.82, 2.24) is 14.9 Å². The minimum Gasteiger partial charge on any atom is -0.496 e. The number of ether oxygens (including phenoxy) is 1. The average Bonchev–Trinajstić information content (AvgIpc) is 3.66. The second-order valence-electron chi connectivity index (χ2n) is 12.4. The number of hydrogen-bond acceptors (Lipinski definition) is 7. The van der Waals surface area contributed by atoms with Crippen LogP contribution in [-0.2, 0) is 11.2 Å². The first kappa shape index (κ1) is 27.2. The van der Waals surface area contributed by atoms with Crippen LogP contribution in [0.2, 0.25) is 0 Å². The standard InChI is InChI=1S/C32H43N5O3/c1-35-15-13-21(14-16-35)17-28(38)22-11-12-23(29(18-22)40-3)19-30-33-20-27-31(34-30)37(24-7-4-5-8-24)26-10-6-9-25(26)32(39)36(27)2/h11-12,18,20-21,24-26H,4-10,13-17,19H2,1-3H3/t25-,26+/m0/s1. The summed E-state index contributed by atoms with van der Waals surface area (Å²) in [5.41, 5.74) is 2.49. The molecule has 2 aliphatic carbocycles. The van der Waals surface area contributed by atoms with Crippen LogP contribution in [0.3, 0.4) is 0 Å². The van der Waals surface area contributed by atoms with Gasteiger partial charge in [-0.2, -0.15) is 0 Å². The van der Waals surface area contributed by atoms with E-state index < -0.39 is 0 Å². The Morgan fingerprint density at radius 3 is 2.55 bits per heavy atom. The highest BCUT2D eigenvalue weighted by Gasteiger charge is 2.46. The number of piperidine rings is 1. The number of ketones is 1. The van der Waals surface area contributed by atoms with Crippen molar-refractivity contribution >= 4 is 23.2 Å². The van der Waals surface area contributed by atoms with Crippen LogP contribution in [0.1, 0.15) is 86.0 Å². The van der Waals surface area contributed by atoms with Crippen LogP contribution in [0.15, 0.2) is 24.4 Å². The number of likely N-dealkylation sites (tertiary alicyclic amines) is 1. The molecule has 1 saturated heterocycles. The molecular weight excluding hydrogens is 502 g/mol. The Labute approximate surface area is 238 Å². The van der Waals surface area contributed by atoms with Crippen molar-refractivity contribution in [1.29, 1.82) is 0 Å².